The molecule has 0 aliphatic heterocycles. The van der Waals surface area contributed by atoms with Gasteiger partial charge in [-0.1, -0.05) is 24.3 Å². The molecule has 0 saturated heterocycles. The number of benzene rings is 2. The van der Waals surface area contributed by atoms with E-state index in [1.165, 1.54) is 11.6 Å². The fourth-order valence-corrected chi connectivity index (χ4v) is 2.50. The van der Waals surface area contributed by atoms with Gasteiger partial charge < -0.3 is 10.3 Å². The molecule has 132 valence electrons. The second kappa shape index (κ2) is 8.09. The molecule has 0 spiro atoms. The van der Waals surface area contributed by atoms with E-state index in [4.69, 9.17) is 5.21 Å². The van der Waals surface area contributed by atoms with Gasteiger partial charge in [0.25, 0.3) is 11.8 Å². The van der Waals surface area contributed by atoms with Crippen LogP contribution < -0.4 is 10.8 Å². The molecule has 0 bridgehead atoms. The molecule has 0 saturated carbocycles. The van der Waals surface area contributed by atoms with Crippen molar-refractivity contribution in [2.45, 2.75) is 6.42 Å². The molecule has 4 N–H and O–H groups in total. The average Bonchev–Trinajstić information content (AvgIpc) is 3.14. The zero-order valence-corrected chi connectivity index (χ0v) is 13.9. The van der Waals surface area contributed by atoms with Crippen LogP contribution in [0.25, 0.3) is 17.1 Å². The van der Waals surface area contributed by atoms with Crippen LogP contribution in [0.4, 0.5) is 0 Å². The highest BCUT2D eigenvalue weighted by atomic mass is 16.5. The zero-order chi connectivity index (χ0) is 18.4. The molecule has 2 amide bonds. The smallest absolute Gasteiger partial charge is 0.267 e. The Morgan fingerprint density at radius 1 is 1.15 bits per heavy atom. The molecule has 3 aromatic rings. The lowest BCUT2D eigenvalue weighted by Crippen LogP contribution is -2.25. The van der Waals surface area contributed by atoms with E-state index in [-0.39, 0.29) is 5.91 Å². The van der Waals surface area contributed by atoms with E-state index in [0.717, 1.165) is 22.2 Å². The molecule has 1 aromatic heterocycles. The number of amides is 2. The third-order valence-corrected chi connectivity index (χ3v) is 3.90. The summed E-state index contributed by atoms with van der Waals surface area (Å²) in [6.45, 7) is 0.516. The number of fused-ring (bicyclic) bond motifs is 1. The molecule has 0 atom stereocenters. The molecule has 1 heterocycles. The van der Waals surface area contributed by atoms with Crippen LogP contribution in [0.2, 0.25) is 0 Å². The first-order valence-electron chi connectivity index (χ1n) is 8.08. The Morgan fingerprint density at radius 3 is 2.73 bits per heavy atom. The quantitative estimate of drug-likeness (QED) is 0.310. The standard InChI is InChI=1S/C19H18N4O3/c24-18(23-26)8-5-13-1-3-14(4-2-13)9-10-20-19(25)15-6-7-16-17(11-15)22-12-21-16/h1-8,11-12,26H,9-10H2,(H,20,25)(H,21,22)(H,23,24)/b8-5+. The Morgan fingerprint density at radius 2 is 1.96 bits per heavy atom. The second-order valence-electron chi connectivity index (χ2n) is 5.69. The number of nitrogens with zero attached hydrogens (tertiary/aromatic N) is 1. The molecule has 2 aromatic carbocycles. The van der Waals surface area contributed by atoms with Crippen LogP contribution in [-0.4, -0.2) is 33.5 Å². The summed E-state index contributed by atoms with van der Waals surface area (Å²) in [4.78, 5) is 30.3. The van der Waals surface area contributed by atoms with Gasteiger partial charge in [-0.2, -0.15) is 0 Å². The normalized spacial score (nSPS) is 11.0. The number of H-pyrrole nitrogens is 1. The summed E-state index contributed by atoms with van der Waals surface area (Å²) in [7, 11) is 0. The molecular formula is C19H18N4O3. The summed E-state index contributed by atoms with van der Waals surface area (Å²) in [5.41, 5.74) is 5.69. The second-order valence-corrected chi connectivity index (χ2v) is 5.69. The molecule has 0 aliphatic carbocycles. The van der Waals surface area contributed by atoms with Crippen molar-refractivity contribution in [3.8, 4) is 0 Å². The van der Waals surface area contributed by atoms with Gasteiger partial charge in [-0.15, -0.1) is 0 Å². The topological polar surface area (TPSA) is 107 Å². The highest BCUT2D eigenvalue weighted by Crippen LogP contribution is 2.11. The number of aromatic nitrogens is 2. The molecule has 0 aliphatic rings. The molecule has 0 fully saturated rings. The average molecular weight is 350 g/mol. The minimum atomic E-state index is -0.579. The molecule has 7 nitrogen and oxygen atoms in total. The minimum absolute atomic E-state index is 0.129. The lowest BCUT2D eigenvalue weighted by molar-refractivity contribution is -0.124. The number of aromatic amines is 1. The van der Waals surface area contributed by atoms with Crippen molar-refractivity contribution in [2.75, 3.05) is 6.54 Å². The predicted molar refractivity (Wildman–Crippen MR) is 97.5 cm³/mol. The van der Waals surface area contributed by atoms with Gasteiger partial charge >= 0.3 is 0 Å². The Hall–Kier alpha value is -3.45. The Labute approximate surface area is 149 Å². The number of hydrogen-bond donors (Lipinski definition) is 4. The lowest BCUT2D eigenvalue weighted by atomic mass is 10.1. The first kappa shape index (κ1) is 17.4. The Balaban J connectivity index is 1.51. The minimum Gasteiger partial charge on any atom is -0.352 e. The molecular weight excluding hydrogens is 332 g/mol. The number of hydrogen-bond acceptors (Lipinski definition) is 4. The van der Waals surface area contributed by atoms with E-state index >= 15 is 0 Å². The molecule has 0 unspecified atom stereocenters. The Kier molecular flexibility index (Phi) is 5.40. The van der Waals surface area contributed by atoms with E-state index in [0.29, 0.717) is 18.5 Å². The van der Waals surface area contributed by atoms with Gasteiger partial charge in [0, 0.05) is 18.2 Å². The first-order valence-corrected chi connectivity index (χ1v) is 8.08. The van der Waals surface area contributed by atoms with Crippen LogP contribution in [0, 0.1) is 0 Å². The van der Waals surface area contributed by atoms with Gasteiger partial charge in [0.2, 0.25) is 0 Å². The number of imidazole rings is 1. The van der Waals surface area contributed by atoms with Gasteiger partial charge in [0.1, 0.15) is 0 Å². The van der Waals surface area contributed by atoms with Crippen molar-refractivity contribution in [3.05, 3.63) is 71.6 Å². The van der Waals surface area contributed by atoms with Crippen LogP contribution in [0.5, 0.6) is 0 Å². The van der Waals surface area contributed by atoms with E-state index < -0.39 is 5.91 Å². The maximum atomic E-state index is 12.2. The molecule has 26 heavy (non-hydrogen) atoms. The van der Waals surface area contributed by atoms with Crippen LogP contribution in [0.15, 0.2) is 54.9 Å². The number of rotatable bonds is 6. The van der Waals surface area contributed by atoms with Crippen molar-refractivity contribution < 1.29 is 14.8 Å². The third kappa shape index (κ3) is 4.34. The summed E-state index contributed by atoms with van der Waals surface area (Å²) in [5, 5.41) is 11.3. The van der Waals surface area contributed by atoms with Gasteiger partial charge in [0.05, 0.1) is 17.4 Å². The van der Waals surface area contributed by atoms with Crippen molar-refractivity contribution >= 4 is 28.9 Å². The largest absolute Gasteiger partial charge is 0.352 e. The molecule has 3 rings (SSSR count). The van der Waals surface area contributed by atoms with Crippen molar-refractivity contribution in [1.82, 2.24) is 20.8 Å². The van der Waals surface area contributed by atoms with Gasteiger partial charge in [-0.3, -0.25) is 14.8 Å². The summed E-state index contributed by atoms with van der Waals surface area (Å²) in [6, 6.07) is 12.9. The summed E-state index contributed by atoms with van der Waals surface area (Å²) in [5.74, 6) is -0.707. The van der Waals surface area contributed by atoms with Crippen LogP contribution in [0.1, 0.15) is 21.5 Å². The van der Waals surface area contributed by atoms with Gasteiger partial charge in [-0.25, -0.2) is 10.5 Å². The number of hydroxylamine groups is 1. The van der Waals surface area contributed by atoms with Crippen LogP contribution in [-0.2, 0) is 11.2 Å². The number of nitrogens with one attached hydrogen (secondary N) is 3. The number of carbonyl (C=O) groups is 2. The zero-order valence-electron chi connectivity index (χ0n) is 13.9. The summed E-state index contributed by atoms with van der Waals surface area (Å²) < 4.78 is 0. The van der Waals surface area contributed by atoms with Crippen LogP contribution in [0.3, 0.4) is 0 Å². The van der Waals surface area contributed by atoms with E-state index in [9.17, 15) is 9.59 Å². The highest BCUT2D eigenvalue weighted by molar-refractivity contribution is 5.97. The summed E-state index contributed by atoms with van der Waals surface area (Å²) in [6.07, 6.45) is 5.13. The highest BCUT2D eigenvalue weighted by Gasteiger charge is 2.07. The van der Waals surface area contributed by atoms with E-state index in [1.807, 2.05) is 30.3 Å². The number of carbonyl (C=O) groups excluding carboxylic acids is 2. The van der Waals surface area contributed by atoms with Gasteiger partial charge in [0.15, 0.2) is 0 Å². The fourth-order valence-electron chi connectivity index (χ4n) is 2.50. The lowest BCUT2D eigenvalue weighted by Gasteiger charge is -2.06. The van der Waals surface area contributed by atoms with Crippen LogP contribution >= 0.6 is 0 Å². The molecule has 7 heteroatoms. The van der Waals surface area contributed by atoms with Crippen molar-refractivity contribution in [1.29, 1.82) is 0 Å². The summed E-state index contributed by atoms with van der Waals surface area (Å²) >= 11 is 0. The fraction of sp³-hybridized carbons (Fsp3) is 0.105. The maximum Gasteiger partial charge on any atom is 0.267 e. The van der Waals surface area contributed by atoms with E-state index in [2.05, 4.69) is 15.3 Å². The molecule has 0 radical (unpaired) electrons. The van der Waals surface area contributed by atoms with E-state index in [1.54, 1.807) is 24.5 Å². The maximum absolute atomic E-state index is 12.2. The first-order chi connectivity index (χ1) is 12.7. The monoisotopic (exact) mass is 350 g/mol. The predicted octanol–water partition coefficient (Wildman–Crippen LogP) is 2.05. The van der Waals surface area contributed by atoms with Crippen molar-refractivity contribution in [3.63, 3.8) is 0 Å². The Bertz CT molecular complexity index is 945. The SMILES string of the molecule is O=C(/C=C/c1ccc(CCNC(=O)c2ccc3nc[nH]c3c2)cc1)NO. The van der Waals surface area contributed by atoms with Gasteiger partial charge in [-0.05, 0) is 41.8 Å². The third-order valence-electron chi connectivity index (χ3n) is 3.90. The van der Waals surface area contributed by atoms with Crippen molar-refractivity contribution in [2.24, 2.45) is 0 Å².